The number of aromatic nitrogens is 1. The molecule has 1 aromatic carbocycles. The lowest BCUT2D eigenvalue weighted by atomic mass is 9.89. The van der Waals surface area contributed by atoms with Crippen LogP contribution in [0.2, 0.25) is 0 Å². The number of carbonyl (C=O) groups is 2. The lowest BCUT2D eigenvalue weighted by molar-refractivity contribution is -0.124. The Labute approximate surface area is 261 Å². The largest absolute Gasteiger partial charge is 0.492 e. The van der Waals surface area contributed by atoms with E-state index in [2.05, 4.69) is 35.2 Å². The molecule has 43 heavy (non-hydrogen) atoms. The normalized spacial score (nSPS) is 18.4. The summed E-state index contributed by atoms with van der Waals surface area (Å²) in [6.07, 6.45) is 5.85. The number of ketones is 2. The Morgan fingerprint density at radius 3 is 2.44 bits per heavy atom. The van der Waals surface area contributed by atoms with E-state index in [4.69, 9.17) is 14.2 Å². The second-order valence-electron chi connectivity index (χ2n) is 11.9. The van der Waals surface area contributed by atoms with Gasteiger partial charge in [-0.1, -0.05) is 20.8 Å². The molecule has 1 aliphatic rings. The molecule has 8 nitrogen and oxygen atoms in total. The molecule has 0 bridgehead atoms. The number of ether oxygens (including phenoxy) is 3. The van der Waals surface area contributed by atoms with Crippen LogP contribution in [0.1, 0.15) is 72.3 Å². The number of nitrogens with zero attached hydrogens (tertiary/aromatic N) is 1. The van der Waals surface area contributed by atoms with E-state index in [0.29, 0.717) is 55.0 Å². The summed E-state index contributed by atoms with van der Waals surface area (Å²) in [4.78, 5) is 28.8. The number of thiol groups is 1. The number of rotatable bonds is 20. The first-order valence-electron chi connectivity index (χ1n) is 15.4. The number of benzene rings is 1. The molecule has 1 saturated carbocycles. The summed E-state index contributed by atoms with van der Waals surface area (Å²) in [5.41, 5.74) is 0.493. The van der Waals surface area contributed by atoms with Crippen molar-refractivity contribution in [2.45, 2.75) is 96.7 Å². The second kappa shape index (κ2) is 17.6. The Morgan fingerprint density at radius 1 is 1.02 bits per heavy atom. The minimum Gasteiger partial charge on any atom is -0.492 e. The average molecular weight is 618 g/mol. The van der Waals surface area contributed by atoms with E-state index in [9.17, 15) is 14.0 Å². The first kappa shape index (κ1) is 34.8. The SMILES string of the molecule is CC(CCC(C)C(=O)COc1ccc(O[C@H]2C[C@H](NC(C)S)C2)nc1)NCCOc1ccc(F)c(CCC(=O)C(C)C)c1. The van der Waals surface area contributed by atoms with E-state index in [1.165, 1.54) is 6.07 Å². The minimum absolute atomic E-state index is 0.00186. The molecule has 1 aromatic heterocycles. The van der Waals surface area contributed by atoms with Crippen molar-refractivity contribution in [3.63, 3.8) is 0 Å². The van der Waals surface area contributed by atoms with Crippen LogP contribution in [0, 0.1) is 17.7 Å². The summed E-state index contributed by atoms with van der Waals surface area (Å²) in [6.45, 7) is 10.8. The average Bonchev–Trinajstić information content (AvgIpc) is 2.95. The number of carbonyl (C=O) groups excluding carboxylic acids is 2. The van der Waals surface area contributed by atoms with Crippen LogP contribution in [-0.2, 0) is 16.0 Å². The van der Waals surface area contributed by atoms with Crippen molar-refractivity contribution in [1.82, 2.24) is 15.6 Å². The molecule has 10 heteroatoms. The van der Waals surface area contributed by atoms with Gasteiger partial charge in [0.2, 0.25) is 5.88 Å². The predicted octanol–water partition coefficient (Wildman–Crippen LogP) is 5.57. The van der Waals surface area contributed by atoms with Crippen LogP contribution in [0.15, 0.2) is 36.5 Å². The fourth-order valence-corrected chi connectivity index (χ4v) is 4.96. The molecule has 0 radical (unpaired) electrons. The Bertz CT molecular complexity index is 1160. The topological polar surface area (TPSA) is 98.8 Å². The number of hydrogen-bond donors (Lipinski definition) is 3. The van der Waals surface area contributed by atoms with Gasteiger partial charge < -0.3 is 24.8 Å². The lowest BCUT2D eigenvalue weighted by Gasteiger charge is -2.36. The van der Waals surface area contributed by atoms with Crippen LogP contribution >= 0.6 is 12.6 Å². The van der Waals surface area contributed by atoms with Gasteiger partial charge in [0, 0.05) is 48.3 Å². The summed E-state index contributed by atoms with van der Waals surface area (Å²) in [5.74, 6) is 1.35. The Kier molecular flexibility index (Phi) is 14.2. The number of halogens is 1. The number of nitrogens with one attached hydrogen (secondary N) is 2. The molecule has 0 amide bonds. The van der Waals surface area contributed by atoms with Gasteiger partial charge >= 0.3 is 0 Å². The van der Waals surface area contributed by atoms with Gasteiger partial charge in [-0.3, -0.25) is 9.59 Å². The standard InChI is InChI=1S/C33H48FN3O5S/c1-21(2)31(38)12-8-25-16-27(9-11-30(25)34)40-15-14-35-23(4)7-6-22(3)32(39)20-41-28-10-13-33(36-19-28)42-29-17-26(18-29)37-24(5)43/h9-11,13,16,19,21-24,26,29,35,37,43H,6-8,12,14-15,17-18,20H2,1-5H3/t22?,23?,24?,26-,29-. The van der Waals surface area contributed by atoms with Crippen molar-refractivity contribution >= 4 is 24.2 Å². The van der Waals surface area contributed by atoms with Crippen molar-refractivity contribution in [2.24, 2.45) is 11.8 Å². The fraction of sp³-hybridized carbons (Fsp3) is 0.606. The summed E-state index contributed by atoms with van der Waals surface area (Å²) in [7, 11) is 0. The quantitative estimate of drug-likeness (QED) is 0.101. The first-order chi connectivity index (χ1) is 20.5. The van der Waals surface area contributed by atoms with E-state index < -0.39 is 0 Å². The van der Waals surface area contributed by atoms with E-state index in [-0.39, 0.29) is 53.3 Å². The van der Waals surface area contributed by atoms with E-state index >= 15 is 0 Å². The molecule has 3 unspecified atom stereocenters. The van der Waals surface area contributed by atoms with Crippen molar-refractivity contribution in [1.29, 1.82) is 0 Å². The van der Waals surface area contributed by atoms with Gasteiger partial charge in [-0.2, -0.15) is 12.6 Å². The summed E-state index contributed by atoms with van der Waals surface area (Å²) < 4.78 is 31.5. The van der Waals surface area contributed by atoms with Crippen LogP contribution < -0.4 is 24.8 Å². The zero-order valence-electron chi connectivity index (χ0n) is 26.1. The molecule has 2 N–H and O–H groups in total. The minimum atomic E-state index is -0.320. The van der Waals surface area contributed by atoms with Gasteiger partial charge in [0.25, 0.3) is 0 Å². The predicted molar refractivity (Wildman–Crippen MR) is 170 cm³/mol. The maximum Gasteiger partial charge on any atom is 0.213 e. The van der Waals surface area contributed by atoms with E-state index in [1.807, 2.05) is 27.7 Å². The highest BCUT2D eigenvalue weighted by Gasteiger charge is 2.31. The van der Waals surface area contributed by atoms with Crippen molar-refractivity contribution in [3.05, 3.63) is 47.9 Å². The number of aryl methyl sites for hydroxylation is 1. The third-order valence-electron chi connectivity index (χ3n) is 7.70. The first-order valence-corrected chi connectivity index (χ1v) is 15.9. The van der Waals surface area contributed by atoms with Crippen LogP contribution in [0.5, 0.6) is 17.4 Å². The molecule has 0 spiro atoms. The molecular weight excluding hydrogens is 569 g/mol. The molecule has 0 saturated heterocycles. The third-order valence-corrected chi connectivity index (χ3v) is 7.85. The number of Topliss-reactive ketones (excluding diaryl/α,β-unsaturated/α-hetero) is 2. The molecule has 3 atom stereocenters. The van der Waals surface area contributed by atoms with Gasteiger partial charge in [0.1, 0.15) is 42.4 Å². The molecule has 1 fully saturated rings. The third kappa shape index (κ3) is 12.4. The van der Waals surface area contributed by atoms with Gasteiger partial charge in [-0.25, -0.2) is 9.37 Å². The van der Waals surface area contributed by atoms with Crippen LogP contribution in [0.25, 0.3) is 0 Å². The highest BCUT2D eigenvalue weighted by molar-refractivity contribution is 7.80. The monoisotopic (exact) mass is 617 g/mol. The van der Waals surface area contributed by atoms with Crippen molar-refractivity contribution in [2.75, 3.05) is 19.8 Å². The molecule has 2 aromatic rings. The second-order valence-corrected chi connectivity index (χ2v) is 12.7. The van der Waals surface area contributed by atoms with Gasteiger partial charge in [-0.05, 0) is 75.8 Å². The summed E-state index contributed by atoms with van der Waals surface area (Å²) >= 11 is 4.35. The maximum atomic E-state index is 14.1. The Morgan fingerprint density at radius 2 is 1.77 bits per heavy atom. The number of hydrogen-bond acceptors (Lipinski definition) is 9. The van der Waals surface area contributed by atoms with Crippen molar-refractivity contribution < 1.29 is 28.2 Å². The van der Waals surface area contributed by atoms with Gasteiger partial charge in [-0.15, -0.1) is 0 Å². The van der Waals surface area contributed by atoms with E-state index in [0.717, 1.165) is 25.7 Å². The van der Waals surface area contributed by atoms with Crippen molar-refractivity contribution in [3.8, 4) is 17.4 Å². The highest BCUT2D eigenvalue weighted by atomic mass is 32.1. The number of pyridine rings is 1. The Balaban J connectivity index is 1.27. The summed E-state index contributed by atoms with van der Waals surface area (Å²) in [5, 5.41) is 6.94. The van der Waals surface area contributed by atoms with E-state index in [1.54, 1.807) is 30.5 Å². The molecular formula is C33H48FN3O5S. The maximum absolute atomic E-state index is 14.1. The fourth-order valence-electron chi connectivity index (χ4n) is 4.74. The van der Waals surface area contributed by atoms with Crippen LogP contribution in [-0.4, -0.2) is 59.9 Å². The smallest absolute Gasteiger partial charge is 0.213 e. The van der Waals surface area contributed by atoms with Crippen LogP contribution in [0.3, 0.4) is 0 Å². The zero-order valence-corrected chi connectivity index (χ0v) is 27.0. The molecule has 1 heterocycles. The molecule has 1 aliphatic carbocycles. The highest BCUT2D eigenvalue weighted by Crippen LogP contribution is 2.26. The van der Waals surface area contributed by atoms with Gasteiger partial charge in [0.05, 0.1) is 6.20 Å². The molecule has 0 aliphatic heterocycles. The molecule has 238 valence electrons. The van der Waals surface area contributed by atoms with Gasteiger partial charge in [0.15, 0.2) is 5.78 Å². The molecule has 3 rings (SSSR count). The lowest BCUT2D eigenvalue weighted by Crippen LogP contribution is -2.48. The summed E-state index contributed by atoms with van der Waals surface area (Å²) in [6, 6.07) is 8.85. The van der Waals surface area contributed by atoms with Crippen LogP contribution in [0.4, 0.5) is 4.39 Å². The Hall–Kier alpha value is -2.69. The zero-order chi connectivity index (χ0) is 31.4.